The molecule has 1 aliphatic heterocycles. The number of rotatable bonds is 6. The van der Waals surface area contributed by atoms with Crippen LogP contribution in [0.3, 0.4) is 0 Å². The number of ether oxygens (including phenoxy) is 1. The van der Waals surface area contributed by atoms with Gasteiger partial charge in [0.2, 0.25) is 0 Å². The fourth-order valence-corrected chi connectivity index (χ4v) is 4.45. The van der Waals surface area contributed by atoms with Gasteiger partial charge in [0.25, 0.3) is 5.56 Å². The molecule has 1 aromatic heterocycles. The molecule has 150 valence electrons. The third kappa shape index (κ3) is 4.26. The zero-order valence-electron chi connectivity index (χ0n) is 16.0. The first-order chi connectivity index (χ1) is 14.0. The van der Waals surface area contributed by atoms with Crippen LogP contribution in [-0.4, -0.2) is 33.3 Å². The molecule has 7 heteroatoms. The zero-order valence-corrected chi connectivity index (χ0v) is 16.8. The van der Waals surface area contributed by atoms with E-state index in [0.717, 1.165) is 12.8 Å². The van der Waals surface area contributed by atoms with E-state index in [1.807, 2.05) is 12.1 Å². The Bertz CT molecular complexity index is 1090. The highest BCUT2D eigenvalue weighted by molar-refractivity contribution is 8.00. The summed E-state index contributed by atoms with van der Waals surface area (Å²) >= 11 is 1.24. The van der Waals surface area contributed by atoms with Gasteiger partial charge in [-0.25, -0.2) is 9.37 Å². The van der Waals surface area contributed by atoms with Gasteiger partial charge in [0, 0.05) is 12.2 Å². The third-order valence-corrected chi connectivity index (χ3v) is 6.11. The number of ketones is 1. The maximum absolute atomic E-state index is 13.2. The number of hydrogen-bond donors (Lipinski definition) is 0. The number of aromatic nitrogens is 2. The summed E-state index contributed by atoms with van der Waals surface area (Å²) in [7, 11) is 0. The van der Waals surface area contributed by atoms with Crippen molar-refractivity contribution in [3.8, 4) is 0 Å². The molecule has 29 heavy (non-hydrogen) atoms. The molecule has 0 bridgehead atoms. The zero-order chi connectivity index (χ0) is 20.4. The van der Waals surface area contributed by atoms with E-state index < -0.39 is 5.25 Å². The minimum atomic E-state index is -0.482. The van der Waals surface area contributed by atoms with Gasteiger partial charge in [-0.2, -0.15) is 0 Å². The lowest BCUT2D eigenvalue weighted by Crippen LogP contribution is -2.29. The van der Waals surface area contributed by atoms with Crippen molar-refractivity contribution in [1.82, 2.24) is 9.55 Å². The van der Waals surface area contributed by atoms with Gasteiger partial charge in [0.15, 0.2) is 10.9 Å². The number of fused-ring (bicyclic) bond motifs is 1. The van der Waals surface area contributed by atoms with Crippen LogP contribution in [0.15, 0.2) is 58.5 Å². The van der Waals surface area contributed by atoms with E-state index in [9.17, 15) is 14.0 Å². The standard InChI is InChI=1S/C22H21FN2O3S/c1-14(20(26)15-8-10-16(23)11-9-15)29-22-24-19-7-3-2-6-18(19)21(27)25(22)13-17-5-4-12-28-17/h2-3,6-11,14,17H,4-5,12-13H2,1H3/t14-,17-/m0/s1. The highest BCUT2D eigenvalue weighted by Gasteiger charge is 2.23. The molecule has 1 aliphatic rings. The number of hydrogen-bond acceptors (Lipinski definition) is 5. The summed E-state index contributed by atoms with van der Waals surface area (Å²) in [4.78, 5) is 30.6. The molecule has 0 unspecified atom stereocenters. The van der Waals surface area contributed by atoms with Crippen molar-refractivity contribution in [3.05, 3.63) is 70.3 Å². The molecule has 2 aromatic carbocycles. The number of carbonyl (C=O) groups is 1. The Morgan fingerprint density at radius 1 is 1.28 bits per heavy atom. The highest BCUT2D eigenvalue weighted by Crippen LogP contribution is 2.26. The second-order valence-corrected chi connectivity index (χ2v) is 8.40. The topological polar surface area (TPSA) is 61.2 Å². The normalized spacial score (nSPS) is 17.5. The van der Waals surface area contributed by atoms with Gasteiger partial charge in [0.05, 0.1) is 28.8 Å². The molecular weight excluding hydrogens is 391 g/mol. The molecule has 0 aliphatic carbocycles. The SMILES string of the molecule is C[C@H](Sc1nc2ccccc2c(=O)n1C[C@@H]1CCCO1)C(=O)c1ccc(F)cc1. The van der Waals surface area contributed by atoms with Crippen molar-refractivity contribution in [2.75, 3.05) is 6.61 Å². The molecular formula is C22H21FN2O3S. The van der Waals surface area contributed by atoms with Crippen molar-refractivity contribution in [2.45, 2.75) is 42.8 Å². The van der Waals surface area contributed by atoms with E-state index in [2.05, 4.69) is 4.98 Å². The summed E-state index contributed by atoms with van der Waals surface area (Å²) < 4.78 is 20.5. The lowest BCUT2D eigenvalue weighted by atomic mass is 10.1. The summed E-state index contributed by atoms with van der Waals surface area (Å²) in [6, 6.07) is 12.7. The largest absolute Gasteiger partial charge is 0.376 e. The number of Topliss-reactive ketones (excluding diaryl/α,β-unsaturated/α-hetero) is 1. The van der Waals surface area contributed by atoms with Crippen LogP contribution in [0.5, 0.6) is 0 Å². The van der Waals surface area contributed by atoms with Gasteiger partial charge >= 0.3 is 0 Å². The number of halogens is 1. The van der Waals surface area contributed by atoms with Crippen LogP contribution in [0.4, 0.5) is 4.39 Å². The molecule has 0 spiro atoms. The number of nitrogens with zero attached hydrogens (tertiary/aromatic N) is 2. The fraction of sp³-hybridized carbons (Fsp3) is 0.318. The predicted molar refractivity (Wildman–Crippen MR) is 111 cm³/mol. The van der Waals surface area contributed by atoms with Gasteiger partial charge in [-0.3, -0.25) is 14.2 Å². The first-order valence-corrected chi connectivity index (χ1v) is 10.5. The monoisotopic (exact) mass is 412 g/mol. The molecule has 3 aromatic rings. The average Bonchev–Trinajstić information content (AvgIpc) is 3.24. The van der Waals surface area contributed by atoms with E-state index in [4.69, 9.17) is 4.74 Å². The molecule has 5 nitrogen and oxygen atoms in total. The Balaban J connectivity index is 1.68. The molecule has 4 rings (SSSR count). The van der Waals surface area contributed by atoms with Gasteiger partial charge in [-0.1, -0.05) is 23.9 Å². The van der Waals surface area contributed by atoms with E-state index >= 15 is 0 Å². The maximum atomic E-state index is 13.2. The Kier molecular flexibility index (Phi) is 5.78. The summed E-state index contributed by atoms with van der Waals surface area (Å²) in [5.41, 5.74) is 0.903. The molecule has 0 N–H and O–H groups in total. The van der Waals surface area contributed by atoms with Crippen molar-refractivity contribution >= 4 is 28.4 Å². The molecule has 2 heterocycles. The second-order valence-electron chi connectivity index (χ2n) is 7.09. The first-order valence-electron chi connectivity index (χ1n) is 9.60. The summed E-state index contributed by atoms with van der Waals surface area (Å²) in [6.07, 6.45) is 1.84. The number of para-hydroxylation sites is 1. The lowest BCUT2D eigenvalue weighted by Gasteiger charge is -2.18. The average molecular weight is 412 g/mol. The third-order valence-electron chi connectivity index (χ3n) is 5.02. The summed E-state index contributed by atoms with van der Waals surface area (Å²) in [5.74, 6) is -0.524. The lowest BCUT2D eigenvalue weighted by molar-refractivity contribution is 0.0937. The van der Waals surface area contributed by atoms with E-state index in [1.54, 1.807) is 23.6 Å². The Morgan fingerprint density at radius 2 is 2.03 bits per heavy atom. The Morgan fingerprint density at radius 3 is 2.76 bits per heavy atom. The number of benzene rings is 2. The van der Waals surface area contributed by atoms with Gasteiger partial charge in [-0.05, 0) is 56.2 Å². The van der Waals surface area contributed by atoms with Crippen molar-refractivity contribution in [2.24, 2.45) is 0 Å². The molecule has 2 atom stereocenters. The van der Waals surface area contributed by atoms with Gasteiger partial charge in [0.1, 0.15) is 5.82 Å². The minimum Gasteiger partial charge on any atom is -0.376 e. The van der Waals surface area contributed by atoms with Crippen molar-refractivity contribution < 1.29 is 13.9 Å². The van der Waals surface area contributed by atoms with Crippen molar-refractivity contribution in [1.29, 1.82) is 0 Å². The summed E-state index contributed by atoms with van der Waals surface area (Å²) in [5, 5.41) is 0.559. The van der Waals surface area contributed by atoms with E-state index in [1.165, 1.54) is 36.0 Å². The minimum absolute atomic E-state index is 0.0295. The Labute approximate surface area is 171 Å². The van der Waals surface area contributed by atoms with E-state index in [0.29, 0.717) is 34.8 Å². The molecule has 0 saturated carbocycles. The van der Waals surface area contributed by atoms with Crippen LogP contribution >= 0.6 is 11.8 Å². The van der Waals surface area contributed by atoms with Gasteiger partial charge < -0.3 is 4.74 Å². The van der Waals surface area contributed by atoms with Crippen LogP contribution in [0.25, 0.3) is 10.9 Å². The van der Waals surface area contributed by atoms with Crippen LogP contribution in [0.2, 0.25) is 0 Å². The smallest absolute Gasteiger partial charge is 0.262 e. The molecule has 0 amide bonds. The fourth-order valence-electron chi connectivity index (χ4n) is 3.45. The highest BCUT2D eigenvalue weighted by atomic mass is 32.2. The summed E-state index contributed by atoms with van der Waals surface area (Å²) in [6.45, 7) is 2.88. The first kappa shape index (κ1) is 19.8. The molecule has 1 saturated heterocycles. The van der Waals surface area contributed by atoms with Crippen molar-refractivity contribution in [3.63, 3.8) is 0 Å². The van der Waals surface area contributed by atoms with Crippen LogP contribution < -0.4 is 5.56 Å². The molecule has 0 radical (unpaired) electrons. The quantitative estimate of drug-likeness (QED) is 0.347. The second kappa shape index (κ2) is 8.47. The van der Waals surface area contributed by atoms with E-state index in [-0.39, 0.29) is 23.3 Å². The van der Waals surface area contributed by atoms with Crippen LogP contribution in [0.1, 0.15) is 30.1 Å². The van der Waals surface area contributed by atoms with Gasteiger partial charge in [-0.15, -0.1) is 0 Å². The number of carbonyl (C=O) groups excluding carboxylic acids is 1. The predicted octanol–water partition coefficient (Wildman–Crippen LogP) is 4.08. The number of thioether (sulfide) groups is 1. The van der Waals surface area contributed by atoms with Crippen LogP contribution in [-0.2, 0) is 11.3 Å². The Hall–Kier alpha value is -2.51. The maximum Gasteiger partial charge on any atom is 0.262 e. The van der Waals surface area contributed by atoms with Crippen LogP contribution in [0, 0.1) is 5.82 Å². The molecule has 1 fully saturated rings.